The van der Waals surface area contributed by atoms with Gasteiger partial charge in [0.1, 0.15) is 28.4 Å². The van der Waals surface area contributed by atoms with Crippen LogP contribution in [0.2, 0.25) is 0 Å². The van der Waals surface area contributed by atoms with Crippen molar-refractivity contribution >= 4 is 38.8 Å². The second kappa shape index (κ2) is 7.79. The Hall–Kier alpha value is -3.66. The fourth-order valence-electron chi connectivity index (χ4n) is 4.24. The largest absolute Gasteiger partial charge is 0.497 e. The number of carbonyl (C=O) groups is 1. The smallest absolute Gasteiger partial charge is 0.245 e. The Labute approximate surface area is 188 Å². The van der Waals surface area contributed by atoms with Crippen LogP contribution in [0.5, 0.6) is 11.5 Å². The molecule has 1 fully saturated rings. The quantitative estimate of drug-likeness (QED) is 0.466. The standard InChI is InChI=1S/C22H22N6O3S/c1-4-18(29)27-6-5-12(10-27)16-9-14(19-21(23)24-11-25-28(16)19)22-26-15-7-13(30-2)8-17(31-3)20(15)32-22/h4,7-9,11-12H,1,5-6,10H2,2-3H3,(H2,23,24,25)/t12-/m1/s1. The van der Waals surface area contributed by atoms with Crippen LogP contribution in [0.25, 0.3) is 26.3 Å². The van der Waals surface area contributed by atoms with Gasteiger partial charge in [0.05, 0.1) is 24.4 Å². The van der Waals surface area contributed by atoms with Gasteiger partial charge in [-0.05, 0) is 18.6 Å². The van der Waals surface area contributed by atoms with Crippen molar-refractivity contribution in [3.63, 3.8) is 0 Å². The van der Waals surface area contributed by atoms with Crippen molar-refractivity contribution in [3.05, 3.63) is 42.9 Å². The van der Waals surface area contributed by atoms with E-state index in [4.69, 9.17) is 20.2 Å². The summed E-state index contributed by atoms with van der Waals surface area (Å²) in [5.41, 5.74) is 9.60. The molecule has 9 nitrogen and oxygen atoms in total. The molecule has 4 aromatic rings. The van der Waals surface area contributed by atoms with Gasteiger partial charge in [-0.1, -0.05) is 6.58 Å². The SMILES string of the molecule is C=CC(=O)N1CC[C@@H](c2cc(-c3nc4cc(OC)cc(OC)c4s3)c3c(N)ncnn23)C1. The first-order chi connectivity index (χ1) is 15.5. The van der Waals surface area contributed by atoms with Gasteiger partial charge in [0.25, 0.3) is 0 Å². The molecule has 5 rings (SSSR count). The summed E-state index contributed by atoms with van der Waals surface area (Å²) in [6, 6.07) is 5.79. The van der Waals surface area contributed by atoms with Gasteiger partial charge in [-0.2, -0.15) is 5.10 Å². The molecule has 0 unspecified atom stereocenters. The molecule has 0 bridgehead atoms. The summed E-state index contributed by atoms with van der Waals surface area (Å²) in [6.07, 6.45) is 3.64. The number of aromatic nitrogens is 4. The van der Waals surface area contributed by atoms with Gasteiger partial charge in [0.15, 0.2) is 5.82 Å². The number of nitrogens with zero attached hydrogens (tertiary/aromatic N) is 5. The van der Waals surface area contributed by atoms with Crippen LogP contribution < -0.4 is 15.2 Å². The van der Waals surface area contributed by atoms with E-state index in [9.17, 15) is 4.79 Å². The molecule has 1 aliphatic rings. The first-order valence-electron chi connectivity index (χ1n) is 10.1. The van der Waals surface area contributed by atoms with Crippen molar-refractivity contribution in [2.75, 3.05) is 33.0 Å². The van der Waals surface area contributed by atoms with Gasteiger partial charge in [0, 0.05) is 42.4 Å². The van der Waals surface area contributed by atoms with Gasteiger partial charge >= 0.3 is 0 Å². The fourth-order valence-corrected chi connectivity index (χ4v) is 5.29. The van der Waals surface area contributed by atoms with Crippen LogP contribution in [0.3, 0.4) is 0 Å². The number of ether oxygens (including phenoxy) is 2. The summed E-state index contributed by atoms with van der Waals surface area (Å²) in [5.74, 6) is 1.82. The summed E-state index contributed by atoms with van der Waals surface area (Å²) in [5, 5.41) is 5.26. The third kappa shape index (κ3) is 3.14. The van der Waals surface area contributed by atoms with E-state index in [2.05, 4.69) is 22.7 Å². The van der Waals surface area contributed by atoms with Gasteiger partial charge in [-0.25, -0.2) is 14.5 Å². The lowest BCUT2D eigenvalue weighted by Crippen LogP contribution is -2.26. The molecular weight excluding hydrogens is 428 g/mol. The maximum Gasteiger partial charge on any atom is 0.245 e. The summed E-state index contributed by atoms with van der Waals surface area (Å²) in [4.78, 5) is 22.9. The van der Waals surface area contributed by atoms with Gasteiger partial charge in [0.2, 0.25) is 5.91 Å². The number of rotatable bonds is 5. The van der Waals surface area contributed by atoms with E-state index >= 15 is 0 Å². The number of hydrogen-bond donors (Lipinski definition) is 1. The van der Waals surface area contributed by atoms with Crippen LogP contribution in [-0.4, -0.2) is 57.7 Å². The zero-order valence-electron chi connectivity index (χ0n) is 17.7. The minimum absolute atomic E-state index is 0.0602. The minimum Gasteiger partial charge on any atom is -0.497 e. The topological polar surface area (TPSA) is 108 Å². The van der Waals surface area contributed by atoms with Crippen molar-refractivity contribution in [1.29, 1.82) is 0 Å². The van der Waals surface area contributed by atoms with Crippen molar-refractivity contribution in [2.45, 2.75) is 12.3 Å². The number of nitrogens with two attached hydrogens (primary N) is 1. The predicted molar refractivity (Wildman–Crippen MR) is 123 cm³/mol. The van der Waals surface area contributed by atoms with Gasteiger partial charge in [-0.15, -0.1) is 11.3 Å². The second-order valence-corrected chi connectivity index (χ2v) is 8.56. The number of methoxy groups -OCH3 is 2. The fraction of sp³-hybridized carbons (Fsp3) is 0.273. The lowest BCUT2D eigenvalue weighted by molar-refractivity contribution is -0.125. The van der Waals surface area contributed by atoms with Crippen LogP contribution >= 0.6 is 11.3 Å². The molecule has 4 heterocycles. The Morgan fingerprint density at radius 3 is 2.91 bits per heavy atom. The van der Waals surface area contributed by atoms with E-state index in [0.717, 1.165) is 32.9 Å². The predicted octanol–water partition coefficient (Wildman–Crippen LogP) is 3.11. The van der Waals surface area contributed by atoms with Crippen LogP contribution in [0, 0.1) is 0 Å². The Balaban J connectivity index is 1.66. The molecule has 1 aromatic carbocycles. The van der Waals surface area contributed by atoms with Crippen LogP contribution in [0.4, 0.5) is 5.82 Å². The van der Waals surface area contributed by atoms with Crippen LogP contribution in [-0.2, 0) is 4.79 Å². The number of carbonyl (C=O) groups excluding carboxylic acids is 1. The highest BCUT2D eigenvalue weighted by atomic mass is 32.1. The molecule has 164 valence electrons. The van der Waals surface area contributed by atoms with E-state index in [1.807, 2.05) is 16.6 Å². The van der Waals surface area contributed by atoms with Crippen molar-refractivity contribution in [1.82, 2.24) is 24.5 Å². The molecule has 1 amide bonds. The average molecular weight is 451 g/mol. The van der Waals surface area contributed by atoms with Gasteiger partial charge < -0.3 is 20.1 Å². The normalized spacial score (nSPS) is 16.1. The number of nitrogen functional groups attached to an aromatic ring is 1. The maximum absolute atomic E-state index is 12.1. The molecule has 10 heteroatoms. The molecule has 0 aliphatic carbocycles. The lowest BCUT2D eigenvalue weighted by atomic mass is 10.0. The zero-order chi connectivity index (χ0) is 22.4. The summed E-state index contributed by atoms with van der Waals surface area (Å²) < 4.78 is 13.7. The number of fused-ring (bicyclic) bond motifs is 2. The summed E-state index contributed by atoms with van der Waals surface area (Å²) in [6.45, 7) is 4.88. The Morgan fingerprint density at radius 1 is 1.31 bits per heavy atom. The lowest BCUT2D eigenvalue weighted by Gasteiger charge is -2.14. The highest BCUT2D eigenvalue weighted by Gasteiger charge is 2.30. The van der Waals surface area contributed by atoms with Crippen molar-refractivity contribution in [3.8, 4) is 22.1 Å². The highest BCUT2D eigenvalue weighted by molar-refractivity contribution is 7.22. The molecule has 32 heavy (non-hydrogen) atoms. The molecule has 3 aromatic heterocycles. The van der Waals surface area contributed by atoms with E-state index in [0.29, 0.717) is 35.9 Å². The first kappa shape index (κ1) is 20.3. The van der Waals surface area contributed by atoms with E-state index in [1.165, 1.54) is 23.7 Å². The number of likely N-dealkylation sites (tertiary alicyclic amines) is 1. The molecule has 1 atom stereocenters. The maximum atomic E-state index is 12.1. The minimum atomic E-state index is -0.0602. The Kier molecular flexibility index (Phi) is 4.93. The highest BCUT2D eigenvalue weighted by Crippen LogP contribution is 2.42. The molecule has 0 spiro atoms. The van der Waals surface area contributed by atoms with E-state index in [-0.39, 0.29) is 11.8 Å². The van der Waals surface area contributed by atoms with Gasteiger partial charge in [-0.3, -0.25) is 4.79 Å². The number of thiazole rings is 1. The van der Waals surface area contributed by atoms with E-state index in [1.54, 1.807) is 19.1 Å². The Morgan fingerprint density at radius 2 is 2.16 bits per heavy atom. The zero-order valence-corrected chi connectivity index (χ0v) is 18.6. The third-order valence-electron chi connectivity index (χ3n) is 5.82. The Bertz CT molecular complexity index is 1360. The van der Waals surface area contributed by atoms with Crippen LogP contribution in [0.1, 0.15) is 18.0 Å². The summed E-state index contributed by atoms with van der Waals surface area (Å²) in [7, 11) is 3.24. The average Bonchev–Trinajstić information content (AvgIpc) is 3.54. The van der Waals surface area contributed by atoms with Crippen LogP contribution in [0.15, 0.2) is 37.2 Å². The molecule has 1 aliphatic heterocycles. The molecular formula is C22H22N6O3S. The van der Waals surface area contributed by atoms with Crippen molar-refractivity contribution < 1.29 is 14.3 Å². The third-order valence-corrected chi connectivity index (χ3v) is 6.94. The molecule has 1 saturated heterocycles. The molecule has 2 N–H and O–H groups in total. The number of amides is 1. The molecule has 0 radical (unpaired) electrons. The first-order valence-corrected chi connectivity index (χ1v) is 10.9. The summed E-state index contributed by atoms with van der Waals surface area (Å²) >= 11 is 1.52. The second-order valence-electron chi connectivity index (χ2n) is 7.56. The van der Waals surface area contributed by atoms with E-state index < -0.39 is 0 Å². The monoisotopic (exact) mass is 450 g/mol. The number of benzene rings is 1. The molecule has 0 saturated carbocycles. The number of hydrogen-bond acceptors (Lipinski definition) is 8. The van der Waals surface area contributed by atoms with Crippen molar-refractivity contribution in [2.24, 2.45) is 0 Å². The number of anilines is 1.